The first-order valence-electron chi connectivity index (χ1n) is 6.51. The zero-order valence-electron chi connectivity index (χ0n) is 10.9. The summed E-state index contributed by atoms with van der Waals surface area (Å²) >= 11 is 0. The quantitative estimate of drug-likeness (QED) is 0.512. The van der Waals surface area contributed by atoms with Gasteiger partial charge in [0, 0.05) is 6.54 Å². The van der Waals surface area contributed by atoms with Crippen LogP contribution in [0.25, 0.3) is 0 Å². The van der Waals surface area contributed by atoms with Crippen molar-refractivity contribution in [1.82, 2.24) is 4.90 Å². The number of unbranched alkanes of at least 4 members (excludes halogenated alkanes) is 3. The Bertz CT molecular complexity index is 220. The Balaban J connectivity index is 0.00000289. The number of aliphatic hydroxyl groups excluding tert-OH is 4. The van der Waals surface area contributed by atoms with Crippen LogP contribution in [0.3, 0.4) is 0 Å². The summed E-state index contributed by atoms with van der Waals surface area (Å²) in [4.78, 5) is 1.87. The fourth-order valence-corrected chi connectivity index (χ4v) is 2.38. The Hall–Kier alpha value is 0.280. The van der Waals surface area contributed by atoms with Gasteiger partial charge in [-0.05, 0) is 13.0 Å². The molecule has 18 heavy (non-hydrogen) atoms. The maximum atomic E-state index is 9.77. The number of piperidine rings is 1. The van der Waals surface area contributed by atoms with E-state index in [9.17, 15) is 20.4 Å². The maximum Gasteiger partial charge on any atom is 0.109 e. The Morgan fingerprint density at radius 2 is 1.72 bits per heavy atom. The zero-order chi connectivity index (χ0) is 12.8. The molecule has 4 unspecified atom stereocenters. The van der Waals surface area contributed by atoms with Crippen LogP contribution >= 0.6 is 17.0 Å². The number of hydrogen-bond acceptors (Lipinski definition) is 5. The summed E-state index contributed by atoms with van der Waals surface area (Å²) < 4.78 is 0. The van der Waals surface area contributed by atoms with Crippen LogP contribution in [-0.4, -0.2) is 69.4 Å². The third kappa shape index (κ3) is 4.75. The highest BCUT2D eigenvalue weighted by Gasteiger charge is 2.40. The highest BCUT2D eigenvalue weighted by atomic mass is 79.9. The normalized spacial score (nSPS) is 33.2. The molecule has 0 radical (unpaired) electrons. The van der Waals surface area contributed by atoms with Gasteiger partial charge in [-0.15, -0.1) is 17.0 Å². The summed E-state index contributed by atoms with van der Waals surface area (Å²) in [5.74, 6) is 0. The zero-order valence-corrected chi connectivity index (χ0v) is 12.6. The molecule has 0 aromatic rings. The van der Waals surface area contributed by atoms with Gasteiger partial charge in [0.15, 0.2) is 0 Å². The molecule has 0 saturated carbocycles. The standard InChI is InChI=1S/C12H25NO4.BrH/c1-2-3-4-5-6-13-7-10(15)12(17)11(16)9(13)8-14;/h9-12,14-17H,2-8H2,1H3;1H. The van der Waals surface area contributed by atoms with E-state index in [1.54, 1.807) is 0 Å². The first kappa shape index (κ1) is 18.3. The molecule has 0 aromatic carbocycles. The van der Waals surface area contributed by atoms with Crippen molar-refractivity contribution in [2.45, 2.75) is 57.0 Å². The molecule has 1 aliphatic rings. The monoisotopic (exact) mass is 327 g/mol. The molecule has 0 aromatic heterocycles. The topological polar surface area (TPSA) is 84.2 Å². The van der Waals surface area contributed by atoms with Gasteiger partial charge in [0.2, 0.25) is 0 Å². The Labute approximate surface area is 119 Å². The minimum absolute atomic E-state index is 0. The van der Waals surface area contributed by atoms with E-state index in [1.807, 2.05) is 4.90 Å². The van der Waals surface area contributed by atoms with Crippen molar-refractivity contribution in [3.05, 3.63) is 0 Å². The predicted octanol–water partition coefficient (Wildman–Crippen LogP) is -0.0962. The molecule has 0 spiro atoms. The third-order valence-corrected chi connectivity index (χ3v) is 3.51. The lowest BCUT2D eigenvalue weighted by molar-refractivity contribution is -0.145. The van der Waals surface area contributed by atoms with Crippen molar-refractivity contribution in [3.8, 4) is 0 Å². The van der Waals surface area contributed by atoms with Crippen LogP contribution in [0, 0.1) is 0 Å². The molecule has 4 atom stereocenters. The second-order valence-electron chi connectivity index (χ2n) is 4.85. The molecular formula is C12H26BrNO4. The molecule has 6 heteroatoms. The van der Waals surface area contributed by atoms with E-state index in [2.05, 4.69) is 6.92 Å². The lowest BCUT2D eigenvalue weighted by atomic mass is 9.94. The number of likely N-dealkylation sites (tertiary alicyclic amines) is 1. The predicted molar refractivity (Wildman–Crippen MR) is 74.9 cm³/mol. The van der Waals surface area contributed by atoms with Crippen molar-refractivity contribution in [2.75, 3.05) is 19.7 Å². The molecule has 4 N–H and O–H groups in total. The van der Waals surface area contributed by atoms with Gasteiger partial charge in [0.1, 0.15) is 12.2 Å². The molecule has 0 bridgehead atoms. The van der Waals surface area contributed by atoms with Crippen LogP contribution in [0.4, 0.5) is 0 Å². The molecular weight excluding hydrogens is 302 g/mol. The lowest BCUT2D eigenvalue weighted by Crippen LogP contribution is -2.62. The third-order valence-electron chi connectivity index (χ3n) is 3.51. The van der Waals surface area contributed by atoms with Crippen LogP contribution in [0.1, 0.15) is 32.6 Å². The fourth-order valence-electron chi connectivity index (χ4n) is 2.38. The van der Waals surface area contributed by atoms with E-state index >= 15 is 0 Å². The van der Waals surface area contributed by atoms with Gasteiger partial charge in [0.05, 0.1) is 18.8 Å². The molecule has 1 fully saturated rings. The van der Waals surface area contributed by atoms with Gasteiger partial charge < -0.3 is 20.4 Å². The van der Waals surface area contributed by atoms with Gasteiger partial charge in [-0.2, -0.15) is 0 Å². The van der Waals surface area contributed by atoms with Crippen LogP contribution in [0.2, 0.25) is 0 Å². The minimum atomic E-state index is -1.15. The van der Waals surface area contributed by atoms with Crippen molar-refractivity contribution < 1.29 is 20.4 Å². The van der Waals surface area contributed by atoms with Crippen LogP contribution < -0.4 is 0 Å². The Kier molecular flexibility index (Phi) is 9.37. The second kappa shape index (κ2) is 9.23. The second-order valence-corrected chi connectivity index (χ2v) is 4.85. The average Bonchev–Trinajstić information content (AvgIpc) is 2.32. The Morgan fingerprint density at radius 1 is 1.06 bits per heavy atom. The fraction of sp³-hybridized carbons (Fsp3) is 1.00. The summed E-state index contributed by atoms with van der Waals surface area (Å²) in [6, 6.07) is -0.463. The summed E-state index contributed by atoms with van der Waals surface area (Å²) in [6.07, 6.45) is 1.27. The number of aliphatic hydroxyl groups is 4. The summed E-state index contributed by atoms with van der Waals surface area (Å²) in [5, 5.41) is 38.2. The van der Waals surface area contributed by atoms with E-state index in [-0.39, 0.29) is 23.6 Å². The van der Waals surface area contributed by atoms with E-state index in [4.69, 9.17) is 0 Å². The smallest absolute Gasteiger partial charge is 0.109 e. The van der Waals surface area contributed by atoms with Gasteiger partial charge in [-0.3, -0.25) is 4.90 Å². The molecule has 1 saturated heterocycles. The SMILES string of the molecule is Br.CCCCCCN1CC(O)C(O)C(O)C1CO. The maximum absolute atomic E-state index is 9.77. The van der Waals surface area contributed by atoms with Crippen molar-refractivity contribution >= 4 is 17.0 Å². The first-order chi connectivity index (χ1) is 8.11. The van der Waals surface area contributed by atoms with E-state index in [1.165, 1.54) is 6.42 Å². The molecule has 1 heterocycles. The van der Waals surface area contributed by atoms with E-state index in [0.29, 0.717) is 6.54 Å². The number of nitrogens with zero attached hydrogens (tertiary/aromatic N) is 1. The summed E-state index contributed by atoms with van der Waals surface area (Å²) in [7, 11) is 0. The highest BCUT2D eigenvalue weighted by molar-refractivity contribution is 8.93. The molecule has 0 amide bonds. The van der Waals surface area contributed by atoms with Crippen LogP contribution in [-0.2, 0) is 0 Å². The number of hydrogen-bond donors (Lipinski definition) is 4. The van der Waals surface area contributed by atoms with Crippen molar-refractivity contribution in [1.29, 1.82) is 0 Å². The minimum Gasteiger partial charge on any atom is -0.395 e. The average molecular weight is 328 g/mol. The van der Waals surface area contributed by atoms with Crippen LogP contribution in [0.5, 0.6) is 0 Å². The van der Waals surface area contributed by atoms with Crippen LogP contribution in [0.15, 0.2) is 0 Å². The molecule has 0 aliphatic carbocycles. The molecule has 1 aliphatic heterocycles. The van der Waals surface area contributed by atoms with E-state index < -0.39 is 24.4 Å². The van der Waals surface area contributed by atoms with Gasteiger partial charge in [0.25, 0.3) is 0 Å². The van der Waals surface area contributed by atoms with Crippen molar-refractivity contribution in [2.24, 2.45) is 0 Å². The number of rotatable bonds is 6. The molecule has 1 rings (SSSR count). The molecule has 5 nitrogen and oxygen atoms in total. The number of halogens is 1. The van der Waals surface area contributed by atoms with Gasteiger partial charge in [-0.1, -0.05) is 26.2 Å². The van der Waals surface area contributed by atoms with Crippen molar-refractivity contribution in [3.63, 3.8) is 0 Å². The van der Waals surface area contributed by atoms with Gasteiger partial charge in [-0.25, -0.2) is 0 Å². The summed E-state index contributed by atoms with van der Waals surface area (Å²) in [5.41, 5.74) is 0. The Morgan fingerprint density at radius 3 is 2.28 bits per heavy atom. The first-order valence-corrected chi connectivity index (χ1v) is 6.51. The number of β-amino-alcohol motifs (C(OH)–C–C–N with tert-alkyl or cyclic N) is 1. The largest absolute Gasteiger partial charge is 0.395 e. The lowest BCUT2D eigenvalue weighted by Gasteiger charge is -2.43. The summed E-state index contributed by atoms with van der Waals surface area (Å²) in [6.45, 7) is 3.00. The van der Waals surface area contributed by atoms with E-state index in [0.717, 1.165) is 25.8 Å². The highest BCUT2D eigenvalue weighted by Crippen LogP contribution is 2.19. The molecule has 110 valence electrons. The van der Waals surface area contributed by atoms with Gasteiger partial charge >= 0.3 is 0 Å².